The number of fused-ring (bicyclic) bond motifs is 3. The van der Waals surface area contributed by atoms with Gasteiger partial charge in [-0.3, -0.25) is 14.5 Å². The number of likely N-dealkylation sites (tertiary alicyclic amines) is 1. The Morgan fingerprint density at radius 1 is 1.14 bits per heavy atom. The van der Waals surface area contributed by atoms with E-state index in [1.165, 1.54) is 16.2 Å². The van der Waals surface area contributed by atoms with Gasteiger partial charge in [-0.25, -0.2) is 9.50 Å². The number of anilines is 1. The van der Waals surface area contributed by atoms with Crippen molar-refractivity contribution < 1.29 is 9.59 Å². The number of benzene rings is 1. The van der Waals surface area contributed by atoms with Crippen LogP contribution >= 0.6 is 24.0 Å². The molecular weight excluding hydrogens is 499 g/mol. The molecule has 0 spiro atoms. The maximum absolute atomic E-state index is 12.9. The lowest BCUT2D eigenvalue weighted by Gasteiger charge is -2.44. The van der Waals surface area contributed by atoms with Gasteiger partial charge >= 0.3 is 0 Å². The molecule has 0 radical (unpaired) electrons. The summed E-state index contributed by atoms with van der Waals surface area (Å²) in [5, 5.41) is 8.51. The van der Waals surface area contributed by atoms with Crippen molar-refractivity contribution >= 4 is 47.0 Å². The Hall–Kier alpha value is -2.68. The second kappa shape index (κ2) is 8.16. The average molecular weight is 527 g/mol. The lowest BCUT2D eigenvalue weighted by Crippen LogP contribution is -2.58. The molecular formula is C26H28Cl2N6O2. The fourth-order valence-electron chi connectivity index (χ4n) is 6.40. The van der Waals surface area contributed by atoms with Gasteiger partial charge in [-0.1, -0.05) is 25.4 Å². The minimum atomic E-state index is -0.206. The molecule has 2 saturated heterocycles. The lowest BCUT2D eigenvalue weighted by molar-refractivity contribution is -0.143. The molecule has 36 heavy (non-hydrogen) atoms. The number of amides is 2. The molecule has 4 aliphatic rings. The molecule has 0 bridgehead atoms. The van der Waals surface area contributed by atoms with Crippen molar-refractivity contribution in [2.45, 2.75) is 39.3 Å². The minimum Gasteiger partial charge on any atom is -0.365 e. The summed E-state index contributed by atoms with van der Waals surface area (Å²) in [7, 11) is 0. The number of aryl methyl sites for hydroxylation is 1. The summed E-state index contributed by atoms with van der Waals surface area (Å²) in [6.45, 7) is 7.23. The molecule has 3 aliphatic heterocycles. The van der Waals surface area contributed by atoms with Crippen LogP contribution in [-0.4, -0.2) is 57.0 Å². The molecule has 8 nitrogen and oxygen atoms in total. The quantitative estimate of drug-likeness (QED) is 0.525. The van der Waals surface area contributed by atoms with Crippen LogP contribution in [0.2, 0.25) is 5.02 Å². The van der Waals surface area contributed by atoms with Crippen LogP contribution < -0.4 is 10.2 Å². The fourth-order valence-corrected chi connectivity index (χ4v) is 6.64. The van der Waals surface area contributed by atoms with Gasteiger partial charge in [-0.05, 0) is 47.6 Å². The molecule has 5 heterocycles. The van der Waals surface area contributed by atoms with Gasteiger partial charge in [0, 0.05) is 42.1 Å². The summed E-state index contributed by atoms with van der Waals surface area (Å²) in [5.74, 6) is -0.458. The Labute approximate surface area is 220 Å². The molecule has 3 aromatic rings. The van der Waals surface area contributed by atoms with Gasteiger partial charge in [0.2, 0.25) is 11.8 Å². The van der Waals surface area contributed by atoms with Crippen LogP contribution in [0.3, 0.4) is 0 Å². The summed E-state index contributed by atoms with van der Waals surface area (Å²) < 4.78 is 1.79. The number of nitrogens with one attached hydrogen (secondary N) is 1. The summed E-state index contributed by atoms with van der Waals surface area (Å²) in [5.41, 5.74) is 5.78. The normalized spacial score (nSPS) is 24.4. The van der Waals surface area contributed by atoms with E-state index in [2.05, 4.69) is 21.4 Å². The van der Waals surface area contributed by atoms with Gasteiger partial charge in [0.05, 0.1) is 35.6 Å². The van der Waals surface area contributed by atoms with Gasteiger partial charge in [0.1, 0.15) is 6.33 Å². The highest BCUT2D eigenvalue weighted by atomic mass is 35.5. The topological polar surface area (TPSA) is 82.8 Å². The van der Waals surface area contributed by atoms with Crippen molar-refractivity contribution in [3.8, 4) is 11.3 Å². The van der Waals surface area contributed by atoms with Crippen LogP contribution in [0.15, 0.2) is 30.7 Å². The third-order valence-corrected chi connectivity index (χ3v) is 8.65. The highest BCUT2D eigenvalue weighted by Crippen LogP contribution is 2.63. The molecule has 2 aromatic heterocycles. The van der Waals surface area contributed by atoms with E-state index in [-0.39, 0.29) is 48.0 Å². The van der Waals surface area contributed by atoms with E-state index < -0.39 is 0 Å². The minimum absolute atomic E-state index is 0. The van der Waals surface area contributed by atoms with Crippen molar-refractivity contribution in [2.24, 2.45) is 17.3 Å². The number of imide groups is 1. The van der Waals surface area contributed by atoms with Crippen LogP contribution in [0.1, 0.15) is 31.4 Å². The predicted octanol–water partition coefficient (Wildman–Crippen LogP) is 3.34. The largest absolute Gasteiger partial charge is 0.365 e. The molecule has 1 aliphatic carbocycles. The fraction of sp³-hybridized carbons (Fsp3) is 0.462. The SMILES string of the molecule is CC1(C)C2C(=O)N(Cc3cc4c(-c5cc(Cl)cc6c5N(C5CNC5)CCC6)ncnn4c3)C(=O)C21.Cl. The number of aromatic nitrogens is 3. The van der Waals surface area contributed by atoms with E-state index >= 15 is 0 Å². The van der Waals surface area contributed by atoms with E-state index in [9.17, 15) is 9.59 Å². The van der Waals surface area contributed by atoms with Crippen molar-refractivity contribution in [1.82, 2.24) is 24.8 Å². The third-order valence-electron chi connectivity index (χ3n) is 8.44. The zero-order valence-corrected chi connectivity index (χ0v) is 21.8. The maximum Gasteiger partial charge on any atom is 0.233 e. The Bertz CT molecular complexity index is 1390. The first-order chi connectivity index (χ1) is 16.8. The van der Waals surface area contributed by atoms with Crippen LogP contribution in [-0.2, 0) is 22.6 Å². The highest BCUT2D eigenvalue weighted by Gasteiger charge is 2.72. The van der Waals surface area contributed by atoms with E-state index in [0.717, 1.165) is 54.8 Å². The molecule has 10 heteroatoms. The second-order valence-electron chi connectivity index (χ2n) is 10.9. The summed E-state index contributed by atoms with van der Waals surface area (Å²) in [6.07, 6.45) is 5.54. The highest BCUT2D eigenvalue weighted by molar-refractivity contribution is 6.31. The van der Waals surface area contributed by atoms with E-state index in [0.29, 0.717) is 11.1 Å². The number of piperidine rings is 1. The van der Waals surface area contributed by atoms with E-state index in [4.69, 9.17) is 16.6 Å². The van der Waals surface area contributed by atoms with Crippen LogP contribution in [0.5, 0.6) is 0 Å². The zero-order chi connectivity index (χ0) is 24.1. The number of rotatable bonds is 4. The molecule has 3 fully saturated rings. The lowest BCUT2D eigenvalue weighted by atomic mass is 9.93. The van der Waals surface area contributed by atoms with E-state index in [1.54, 1.807) is 10.8 Å². The van der Waals surface area contributed by atoms with Gasteiger partial charge < -0.3 is 10.2 Å². The molecule has 1 aromatic carbocycles. The number of hydrogen-bond donors (Lipinski definition) is 1. The monoisotopic (exact) mass is 526 g/mol. The van der Waals surface area contributed by atoms with Crippen molar-refractivity contribution in [2.75, 3.05) is 24.5 Å². The first-order valence-corrected chi connectivity index (χ1v) is 12.7. The smallest absolute Gasteiger partial charge is 0.233 e. The molecule has 2 atom stereocenters. The number of carbonyl (C=O) groups is 2. The van der Waals surface area contributed by atoms with Crippen molar-refractivity contribution in [3.63, 3.8) is 0 Å². The Balaban J connectivity index is 0.00000240. The van der Waals surface area contributed by atoms with Gasteiger partial charge in [-0.2, -0.15) is 5.10 Å². The molecule has 1 saturated carbocycles. The van der Waals surface area contributed by atoms with Gasteiger partial charge in [0.25, 0.3) is 0 Å². The van der Waals surface area contributed by atoms with Crippen LogP contribution in [0.4, 0.5) is 5.69 Å². The van der Waals surface area contributed by atoms with Crippen molar-refractivity contribution in [3.05, 3.63) is 46.9 Å². The third kappa shape index (κ3) is 3.31. The molecule has 2 amide bonds. The first-order valence-electron chi connectivity index (χ1n) is 12.3. The molecule has 7 rings (SSSR count). The Kier molecular flexibility index (Phi) is 5.37. The number of carbonyl (C=O) groups excluding carboxylic acids is 2. The number of halogens is 2. The summed E-state index contributed by atoms with van der Waals surface area (Å²) in [6, 6.07) is 6.55. The summed E-state index contributed by atoms with van der Waals surface area (Å²) >= 11 is 6.59. The molecule has 188 valence electrons. The number of nitrogens with zero attached hydrogens (tertiary/aromatic N) is 5. The first kappa shape index (κ1) is 23.7. The Morgan fingerprint density at radius 2 is 1.89 bits per heavy atom. The summed E-state index contributed by atoms with van der Waals surface area (Å²) in [4.78, 5) is 34.3. The predicted molar refractivity (Wildman–Crippen MR) is 139 cm³/mol. The zero-order valence-electron chi connectivity index (χ0n) is 20.2. The van der Waals surface area contributed by atoms with Gasteiger partial charge in [-0.15, -0.1) is 12.4 Å². The van der Waals surface area contributed by atoms with Gasteiger partial charge in [0.15, 0.2) is 0 Å². The standard InChI is InChI=1S/C26H27ClN6O2.ClH/c1-26(2)20-21(26)25(35)32(24(20)34)11-14-6-19-22(29-13-30-33(19)12-14)18-8-16(27)7-15-4-3-5-31(23(15)18)17-9-28-10-17;/h6-8,12-13,17,20-21,28H,3-5,9-11H2,1-2H3;1H. The van der Waals surface area contributed by atoms with E-state index in [1.807, 2.05) is 32.2 Å². The average Bonchev–Trinajstić information content (AvgIpc) is 3.03. The van der Waals surface area contributed by atoms with Crippen LogP contribution in [0.25, 0.3) is 16.8 Å². The second-order valence-corrected chi connectivity index (χ2v) is 11.3. The van der Waals surface area contributed by atoms with Crippen LogP contribution in [0, 0.1) is 17.3 Å². The Morgan fingerprint density at radius 3 is 2.58 bits per heavy atom. The maximum atomic E-state index is 12.9. The number of hydrogen-bond acceptors (Lipinski definition) is 6. The van der Waals surface area contributed by atoms with Crippen molar-refractivity contribution in [1.29, 1.82) is 0 Å². The molecule has 1 N–H and O–H groups in total. The molecule has 2 unspecified atom stereocenters.